The van der Waals surface area contributed by atoms with Gasteiger partial charge in [0.25, 0.3) is 0 Å². The number of anilines is 1. The molecule has 1 aromatic heterocycles. The molecule has 3 rings (SSSR count). The van der Waals surface area contributed by atoms with Crippen LogP contribution >= 0.6 is 0 Å². The highest BCUT2D eigenvalue weighted by Crippen LogP contribution is 2.19. The van der Waals surface area contributed by atoms with Crippen molar-refractivity contribution in [3.05, 3.63) is 66.1 Å². The number of benzene rings is 2. The van der Waals surface area contributed by atoms with Crippen LogP contribution in [0.4, 0.5) is 10.1 Å². The lowest BCUT2D eigenvalue weighted by Crippen LogP contribution is -2.38. The highest BCUT2D eigenvalue weighted by atomic mass is 32.2. The molecule has 0 aliphatic heterocycles. The molecule has 27 heavy (non-hydrogen) atoms. The highest BCUT2D eigenvalue weighted by molar-refractivity contribution is 7.92. The van der Waals surface area contributed by atoms with E-state index in [2.05, 4.69) is 10.3 Å². The van der Waals surface area contributed by atoms with Crippen LogP contribution in [-0.2, 0) is 21.2 Å². The van der Waals surface area contributed by atoms with Crippen molar-refractivity contribution in [3.8, 4) is 0 Å². The van der Waals surface area contributed by atoms with Crippen LogP contribution in [0.5, 0.6) is 0 Å². The van der Waals surface area contributed by atoms with Crippen LogP contribution in [0.15, 0.2) is 54.7 Å². The van der Waals surface area contributed by atoms with Crippen LogP contribution in [0.25, 0.3) is 10.9 Å². The minimum Gasteiger partial charge on any atom is -0.361 e. The average molecular weight is 389 g/mol. The van der Waals surface area contributed by atoms with E-state index in [-0.39, 0.29) is 31.1 Å². The molecule has 0 atom stereocenters. The molecule has 0 radical (unpaired) electrons. The Hall–Kier alpha value is -2.87. The van der Waals surface area contributed by atoms with Gasteiger partial charge >= 0.3 is 0 Å². The maximum atomic E-state index is 13.4. The van der Waals surface area contributed by atoms with Gasteiger partial charge in [-0.25, -0.2) is 12.8 Å². The molecular formula is C19H20FN3O3S. The lowest BCUT2D eigenvalue weighted by molar-refractivity contribution is -0.120. The fourth-order valence-corrected chi connectivity index (χ4v) is 3.85. The monoisotopic (exact) mass is 389 g/mol. The Labute approximate surface area is 157 Å². The van der Waals surface area contributed by atoms with E-state index in [9.17, 15) is 17.6 Å². The number of carbonyl (C=O) groups excluding carboxylic acids is 1. The molecule has 3 aromatic rings. The van der Waals surface area contributed by atoms with Gasteiger partial charge in [-0.2, -0.15) is 0 Å². The van der Waals surface area contributed by atoms with Gasteiger partial charge in [-0.15, -0.1) is 0 Å². The Morgan fingerprint density at radius 2 is 1.96 bits per heavy atom. The molecule has 0 spiro atoms. The smallest absolute Gasteiger partial charge is 0.232 e. The molecule has 6 nitrogen and oxygen atoms in total. The van der Waals surface area contributed by atoms with Crippen molar-refractivity contribution < 1.29 is 17.6 Å². The summed E-state index contributed by atoms with van der Waals surface area (Å²) in [5.74, 6) is -0.739. The second-order valence-corrected chi connectivity index (χ2v) is 8.11. The summed E-state index contributed by atoms with van der Waals surface area (Å²) in [5, 5.41) is 3.70. The van der Waals surface area contributed by atoms with Gasteiger partial charge in [0.05, 0.1) is 24.9 Å². The number of nitrogens with one attached hydrogen (secondary N) is 2. The summed E-state index contributed by atoms with van der Waals surface area (Å²) in [5.41, 5.74) is 2.05. The van der Waals surface area contributed by atoms with E-state index >= 15 is 0 Å². The zero-order valence-corrected chi connectivity index (χ0v) is 15.6. The molecule has 142 valence electrons. The van der Waals surface area contributed by atoms with Crippen LogP contribution in [0.1, 0.15) is 5.56 Å². The first-order valence-electron chi connectivity index (χ1n) is 8.39. The number of carbonyl (C=O) groups is 1. The number of hydrogen-bond donors (Lipinski definition) is 2. The van der Waals surface area contributed by atoms with Crippen LogP contribution in [0.2, 0.25) is 0 Å². The predicted octanol–water partition coefficient (Wildman–Crippen LogP) is 2.43. The number of fused-ring (bicyclic) bond motifs is 1. The first-order valence-corrected chi connectivity index (χ1v) is 10.2. The fourth-order valence-electron chi connectivity index (χ4n) is 2.93. The Bertz CT molecular complexity index is 1060. The number of sulfonamides is 1. The standard InChI is InChI=1S/C19H20FN3O3S/c1-27(25,26)23(16-6-4-5-15(20)12-16)10-9-21-19(24)11-14-13-22-18-8-3-2-7-17(14)18/h2-8,12-13,22H,9-11H2,1H3,(H,21,24). The van der Waals surface area contributed by atoms with E-state index in [1.807, 2.05) is 24.3 Å². The van der Waals surface area contributed by atoms with E-state index in [1.165, 1.54) is 18.2 Å². The first-order chi connectivity index (χ1) is 12.8. The molecule has 2 aromatic carbocycles. The van der Waals surface area contributed by atoms with Crippen molar-refractivity contribution in [1.29, 1.82) is 0 Å². The molecule has 1 amide bonds. The normalized spacial score (nSPS) is 11.5. The third-order valence-corrected chi connectivity index (χ3v) is 5.35. The van der Waals surface area contributed by atoms with Crippen molar-refractivity contribution in [2.24, 2.45) is 0 Å². The third kappa shape index (κ3) is 4.65. The first kappa shape index (κ1) is 18.9. The van der Waals surface area contributed by atoms with Gasteiger partial charge in [-0.3, -0.25) is 9.10 Å². The van der Waals surface area contributed by atoms with E-state index in [4.69, 9.17) is 0 Å². The van der Waals surface area contributed by atoms with Gasteiger partial charge in [0.1, 0.15) is 5.82 Å². The van der Waals surface area contributed by atoms with Gasteiger partial charge in [0, 0.05) is 23.6 Å². The number of halogens is 1. The summed E-state index contributed by atoms with van der Waals surface area (Å²) in [6.07, 6.45) is 3.02. The number of amides is 1. The quantitative estimate of drug-likeness (QED) is 0.651. The summed E-state index contributed by atoms with van der Waals surface area (Å²) in [7, 11) is -3.60. The Balaban J connectivity index is 1.62. The number of H-pyrrole nitrogens is 1. The Morgan fingerprint density at radius 1 is 1.19 bits per heavy atom. The summed E-state index contributed by atoms with van der Waals surface area (Å²) in [6.45, 7) is 0.132. The Kier molecular flexibility index (Phi) is 5.46. The second-order valence-electron chi connectivity index (χ2n) is 6.20. The topological polar surface area (TPSA) is 82.3 Å². The molecule has 0 unspecified atom stereocenters. The number of para-hydroxylation sites is 1. The van der Waals surface area contributed by atoms with E-state index in [1.54, 1.807) is 6.20 Å². The van der Waals surface area contributed by atoms with Crippen molar-refractivity contribution in [1.82, 2.24) is 10.3 Å². The zero-order valence-electron chi connectivity index (χ0n) is 14.8. The number of aromatic amines is 1. The molecule has 0 aliphatic rings. The van der Waals surface area contributed by atoms with Crippen molar-refractivity contribution in [3.63, 3.8) is 0 Å². The van der Waals surface area contributed by atoms with E-state index in [0.717, 1.165) is 33.1 Å². The summed E-state index contributed by atoms with van der Waals surface area (Å²) in [4.78, 5) is 15.3. The SMILES string of the molecule is CS(=O)(=O)N(CCNC(=O)Cc1c[nH]c2ccccc12)c1cccc(F)c1. The van der Waals surface area contributed by atoms with Crippen molar-refractivity contribution in [2.75, 3.05) is 23.7 Å². The zero-order chi connectivity index (χ0) is 19.4. The maximum Gasteiger partial charge on any atom is 0.232 e. The summed E-state index contributed by atoms with van der Waals surface area (Å²) in [6, 6.07) is 13.0. The number of aromatic nitrogens is 1. The summed E-state index contributed by atoms with van der Waals surface area (Å²) >= 11 is 0. The lowest BCUT2D eigenvalue weighted by Gasteiger charge is -2.22. The maximum absolute atomic E-state index is 13.4. The molecule has 0 bridgehead atoms. The van der Waals surface area contributed by atoms with Gasteiger partial charge in [0.2, 0.25) is 15.9 Å². The molecule has 8 heteroatoms. The van der Waals surface area contributed by atoms with Crippen LogP contribution in [0.3, 0.4) is 0 Å². The molecule has 2 N–H and O–H groups in total. The lowest BCUT2D eigenvalue weighted by atomic mass is 10.1. The third-order valence-electron chi connectivity index (χ3n) is 4.16. The molecule has 0 saturated heterocycles. The van der Waals surface area contributed by atoms with Crippen LogP contribution < -0.4 is 9.62 Å². The fraction of sp³-hybridized carbons (Fsp3) is 0.211. The van der Waals surface area contributed by atoms with Gasteiger partial charge < -0.3 is 10.3 Å². The van der Waals surface area contributed by atoms with Crippen LogP contribution in [-0.4, -0.2) is 38.7 Å². The van der Waals surface area contributed by atoms with Gasteiger partial charge in [0.15, 0.2) is 0 Å². The molecule has 0 fully saturated rings. The number of hydrogen-bond acceptors (Lipinski definition) is 3. The van der Waals surface area contributed by atoms with Crippen molar-refractivity contribution in [2.45, 2.75) is 6.42 Å². The van der Waals surface area contributed by atoms with Crippen molar-refractivity contribution >= 4 is 32.5 Å². The Morgan fingerprint density at radius 3 is 2.70 bits per heavy atom. The minimum atomic E-state index is -3.60. The number of rotatable bonds is 7. The minimum absolute atomic E-state index is 0.0158. The molecule has 1 heterocycles. The summed E-state index contributed by atoms with van der Waals surface area (Å²) < 4.78 is 38.5. The predicted molar refractivity (Wildman–Crippen MR) is 104 cm³/mol. The number of nitrogens with zero attached hydrogens (tertiary/aromatic N) is 1. The van der Waals surface area contributed by atoms with E-state index in [0.29, 0.717) is 0 Å². The van der Waals surface area contributed by atoms with Gasteiger partial charge in [-0.05, 0) is 29.8 Å². The van der Waals surface area contributed by atoms with E-state index < -0.39 is 15.8 Å². The highest BCUT2D eigenvalue weighted by Gasteiger charge is 2.18. The van der Waals surface area contributed by atoms with Gasteiger partial charge in [-0.1, -0.05) is 24.3 Å². The molecular weight excluding hydrogens is 369 g/mol. The van der Waals surface area contributed by atoms with Crippen LogP contribution in [0, 0.1) is 5.82 Å². The molecule has 0 aliphatic carbocycles. The molecule has 0 saturated carbocycles. The largest absolute Gasteiger partial charge is 0.361 e. The second kappa shape index (κ2) is 7.79. The average Bonchev–Trinajstić information content (AvgIpc) is 3.01.